The lowest BCUT2D eigenvalue weighted by molar-refractivity contribution is 0.207. The summed E-state index contributed by atoms with van der Waals surface area (Å²) in [6, 6.07) is 1.81. The van der Waals surface area contributed by atoms with Gasteiger partial charge in [-0.1, -0.05) is 5.16 Å². The Hall–Kier alpha value is -2.54. The molecule has 0 fully saturated rings. The van der Waals surface area contributed by atoms with E-state index in [9.17, 15) is 0 Å². The fourth-order valence-corrected chi connectivity index (χ4v) is 2.61. The third-order valence-corrected chi connectivity index (χ3v) is 3.75. The van der Waals surface area contributed by atoms with E-state index in [1.54, 1.807) is 12.5 Å². The van der Waals surface area contributed by atoms with Gasteiger partial charge in [-0.05, 0) is 25.0 Å². The van der Waals surface area contributed by atoms with Gasteiger partial charge in [0.2, 0.25) is 11.7 Å². The third-order valence-electron chi connectivity index (χ3n) is 3.75. The summed E-state index contributed by atoms with van der Waals surface area (Å²) in [7, 11) is 0. The van der Waals surface area contributed by atoms with Crippen molar-refractivity contribution < 1.29 is 8.94 Å². The van der Waals surface area contributed by atoms with Crippen molar-refractivity contribution in [3.8, 4) is 11.4 Å². The van der Waals surface area contributed by atoms with Crippen LogP contribution in [-0.2, 0) is 19.5 Å². The van der Waals surface area contributed by atoms with Crippen LogP contribution in [0.25, 0.3) is 11.4 Å². The Morgan fingerprint density at radius 3 is 3.14 bits per heavy atom. The molecule has 0 radical (unpaired) electrons. The summed E-state index contributed by atoms with van der Waals surface area (Å²) in [4.78, 5) is 15.4. The van der Waals surface area contributed by atoms with E-state index in [-0.39, 0.29) is 0 Å². The van der Waals surface area contributed by atoms with E-state index < -0.39 is 0 Å². The highest BCUT2D eigenvalue weighted by atomic mass is 16.5. The minimum atomic E-state index is 0.555. The Balaban J connectivity index is 1.48. The Kier molecular flexibility index (Phi) is 3.19. The number of aromatic nitrogens is 4. The van der Waals surface area contributed by atoms with Gasteiger partial charge in [0.05, 0.1) is 24.1 Å². The number of nitrogens with zero attached hydrogens (tertiary/aromatic N) is 5. The fraction of sp³-hybridized carbons (Fsp3) is 0.333. The maximum absolute atomic E-state index is 5.33. The summed E-state index contributed by atoms with van der Waals surface area (Å²) in [6.45, 7) is 4.24. The number of furan rings is 1. The van der Waals surface area contributed by atoms with Crippen LogP contribution in [0.1, 0.15) is 23.0 Å². The molecule has 0 N–H and O–H groups in total. The highest BCUT2D eigenvalue weighted by Gasteiger charge is 2.20. The van der Waals surface area contributed by atoms with Crippen molar-refractivity contribution in [2.24, 2.45) is 0 Å². The van der Waals surface area contributed by atoms with Gasteiger partial charge in [0.1, 0.15) is 12.1 Å². The number of aryl methyl sites for hydroxylation is 1. The van der Waals surface area contributed by atoms with Gasteiger partial charge in [0, 0.05) is 19.3 Å². The SMILES string of the molecule is Cc1ncc2c(n1)CN(Cc1nc(-c3ccoc3)no1)CC2. The summed E-state index contributed by atoms with van der Waals surface area (Å²) in [5.74, 6) is 1.96. The molecule has 22 heavy (non-hydrogen) atoms. The lowest BCUT2D eigenvalue weighted by Crippen LogP contribution is -2.31. The molecule has 0 saturated heterocycles. The molecule has 3 aromatic rings. The third kappa shape index (κ3) is 2.50. The molecule has 7 nitrogen and oxygen atoms in total. The fourth-order valence-electron chi connectivity index (χ4n) is 2.61. The number of rotatable bonds is 3. The van der Waals surface area contributed by atoms with E-state index in [4.69, 9.17) is 8.94 Å². The smallest absolute Gasteiger partial charge is 0.241 e. The first-order chi connectivity index (χ1) is 10.8. The van der Waals surface area contributed by atoms with Crippen LogP contribution in [0, 0.1) is 6.92 Å². The molecule has 1 aliphatic rings. The topological polar surface area (TPSA) is 81.1 Å². The summed E-state index contributed by atoms with van der Waals surface area (Å²) in [5, 5.41) is 3.98. The van der Waals surface area contributed by atoms with Crippen molar-refractivity contribution in [3.63, 3.8) is 0 Å². The van der Waals surface area contributed by atoms with Crippen LogP contribution in [0.15, 0.2) is 33.7 Å². The zero-order valence-electron chi connectivity index (χ0n) is 12.2. The van der Waals surface area contributed by atoms with Crippen LogP contribution >= 0.6 is 0 Å². The first-order valence-corrected chi connectivity index (χ1v) is 7.17. The predicted octanol–water partition coefficient (Wildman–Crippen LogP) is 1.99. The Morgan fingerprint density at radius 1 is 1.32 bits per heavy atom. The van der Waals surface area contributed by atoms with E-state index in [1.807, 2.05) is 19.2 Å². The van der Waals surface area contributed by atoms with E-state index in [0.717, 1.165) is 36.6 Å². The van der Waals surface area contributed by atoms with E-state index in [1.165, 1.54) is 5.56 Å². The first-order valence-electron chi connectivity index (χ1n) is 7.17. The molecule has 4 heterocycles. The van der Waals surface area contributed by atoms with Crippen molar-refractivity contribution in [1.82, 2.24) is 25.0 Å². The van der Waals surface area contributed by atoms with Gasteiger partial charge in [0.15, 0.2) is 0 Å². The van der Waals surface area contributed by atoms with Crippen LogP contribution < -0.4 is 0 Å². The van der Waals surface area contributed by atoms with E-state index in [2.05, 4.69) is 25.0 Å². The molecule has 3 aromatic heterocycles. The second-order valence-electron chi connectivity index (χ2n) is 5.37. The van der Waals surface area contributed by atoms with Crippen LogP contribution in [0.3, 0.4) is 0 Å². The Bertz CT molecular complexity index is 781. The molecule has 0 atom stereocenters. The largest absolute Gasteiger partial charge is 0.472 e. The molecular weight excluding hydrogens is 282 g/mol. The van der Waals surface area contributed by atoms with E-state index >= 15 is 0 Å². The lowest BCUT2D eigenvalue weighted by atomic mass is 10.1. The molecule has 0 bridgehead atoms. The van der Waals surface area contributed by atoms with Crippen LogP contribution in [0.4, 0.5) is 0 Å². The van der Waals surface area contributed by atoms with Crippen molar-refractivity contribution in [3.05, 3.63) is 47.8 Å². The summed E-state index contributed by atoms with van der Waals surface area (Å²) < 4.78 is 10.4. The summed E-state index contributed by atoms with van der Waals surface area (Å²) >= 11 is 0. The molecule has 0 amide bonds. The molecule has 0 aromatic carbocycles. The molecule has 112 valence electrons. The minimum Gasteiger partial charge on any atom is -0.472 e. The summed E-state index contributed by atoms with van der Waals surface area (Å²) in [5.41, 5.74) is 3.14. The Labute approximate surface area is 127 Å². The molecule has 1 aliphatic heterocycles. The zero-order valence-corrected chi connectivity index (χ0v) is 12.2. The van der Waals surface area contributed by atoms with Gasteiger partial charge in [-0.15, -0.1) is 0 Å². The molecule has 0 aliphatic carbocycles. The molecule has 0 unspecified atom stereocenters. The predicted molar refractivity (Wildman–Crippen MR) is 76.6 cm³/mol. The maximum atomic E-state index is 5.33. The van der Waals surface area contributed by atoms with Gasteiger partial charge >= 0.3 is 0 Å². The number of fused-ring (bicyclic) bond motifs is 1. The Morgan fingerprint density at radius 2 is 2.27 bits per heavy atom. The van der Waals surface area contributed by atoms with E-state index in [0.29, 0.717) is 18.3 Å². The van der Waals surface area contributed by atoms with Gasteiger partial charge in [-0.3, -0.25) is 4.90 Å². The number of hydrogen-bond donors (Lipinski definition) is 0. The quantitative estimate of drug-likeness (QED) is 0.731. The minimum absolute atomic E-state index is 0.555. The maximum Gasteiger partial charge on any atom is 0.241 e. The van der Waals surface area contributed by atoms with Crippen molar-refractivity contribution >= 4 is 0 Å². The molecule has 0 saturated carbocycles. The van der Waals surface area contributed by atoms with Gasteiger partial charge in [-0.2, -0.15) is 4.98 Å². The second kappa shape index (κ2) is 5.34. The van der Waals surface area contributed by atoms with Gasteiger partial charge < -0.3 is 8.94 Å². The average Bonchev–Trinajstić information content (AvgIpc) is 3.17. The normalized spacial score (nSPS) is 15.0. The van der Waals surface area contributed by atoms with Crippen LogP contribution in [-0.4, -0.2) is 31.6 Å². The standard InChI is InChI=1S/C15H15N5O2/c1-10-16-6-11-2-4-20(7-13(11)17-10)8-14-18-15(19-22-14)12-3-5-21-9-12/h3,5-6,9H,2,4,7-8H2,1H3. The average molecular weight is 297 g/mol. The van der Waals surface area contributed by atoms with Crippen LogP contribution in [0.5, 0.6) is 0 Å². The highest BCUT2D eigenvalue weighted by Crippen LogP contribution is 2.20. The van der Waals surface area contributed by atoms with Gasteiger partial charge in [0.25, 0.3) is 0 Å². The second-order valence-corrected chi connectivity index (χ2v) is 5.37. The summed E-state index contributed by atoms with van der Waals surface area (Å²) in [6.07, 6.45) is 6.07. The highest BCUT2D eigenvalue weighted by molar-refractivity contribution is 5.51. The molecule has 4 rings (SSSR count). The molecule has 7 heteroatoms. The van der Waals surface area contributed by atoms with Crippen molar-refractivity contribution in [2.75, 3.05) is 6.54 Å². The number of hydrogen-bond acceptors (Lipinski definition) is 7. The molecule has 0 spiro atoms. The van der Waals surface area contributed by atoms with Crippen molar-refractivity contribution in [2.45, 2.75) is 26.4 Å². The van der Waals surface area contributed by atoms with Gasteiger partial charge in [-0.25, -0.2) is 9.97 Å². The monoisotopic (exact) mass is 297 g/mol. The lowest BCUT2D eigenvalue weighted by Gasteiger charge is -2.26. The zero-order chi connectivity index (χ0) is 14.9. The van der Waals surface area contributed by atoms with Crippen LogP contribution in [0.2, 0.25) is 0 Å². The first kappa shape index (κ1) is 13.1. The molecular formula is C15H15N5O2. The van der Waals surface area contributed by atoms with Crippen molar-refractivity contribution in [1.29, 1.82) is 0 Å².